The molecule has 0 aliphatic carbocycles. The molecule has 6 nitrogen and oxygen atoms in total. The van der Waals surface area contributed by atoms with Crippen LogP contribution in [0.3, 0.4) is 0 Å². The Morgan fingerprint density at radius 3 is 2.48 bits per heavy atom. The van der Waals surface area contributed by atoms with Crippen LogP contribution in [0.5, 0.6) is 11.5 Å². The van der Waals surface area contributed by atoms with E-state index in [4.69, 9.17) is 21.1 Å². The highest BCUT2D eigenvalue weighted by atomic mass is 35.5. The van der Waals surface area contributed by atoms with E-state index in [2.05, 4.69) is 10.9 Å². The third-order valence-electron chi connectivity index (χ3n) is 3.41. The summed E-state index contributed by atoms with van der Waals surface area (Å²) >= 11 is 5.85. The van der Waals surface area contributed by atoms with Gasteiger partial charge in [-0.25, -0.2) is 0 Å². The molecule has 0 saturated heterocycles. The van der Waals surface area contributed by atoms with Gasteiger partial charge < -0.3 is 9.47 Å². The van der Waals surface area contributed by atoms with Crippen molar-refractivity contribution in [3.05, 3.63) is 58.1 Å². The number of nitrogens with one attached hydrogen (secondary N) is 2. The second kappa shape index (κ2) is 8.39. The standard InChI is InChI=1S/C18H19ClN2O4/c1-11-4-7-15(12(2)8-11)25-10-17(22)20-21-18(23)14-6-5-13(19)9-16(14)24-3/h4-9H,10H2,1-3H3,(H,20,22)(H,21,23). The minimum atomic E-state index is -0.520. The first kappa shape index (κ1) is 18.6. The van der Waals surface area contributed by atoms with E-state index in [1.807, 2.05) is 26.0 Å². The Morgan fingerprint density at radius 1 is 1.04 bits per heavy atom. The Kier molecular flexibility index (Phi) is 6.25. The second-order valence-corrected chi connectivity index (χ2v) is 5.84. The van der Waals surface area contributed by atoms with Gasteiger partial charge in [-0.1, -0.05) is 29.3 Å². The molecule has 0 atom stereocenters. The molecule has 2 rings (SSSR count). The third-order valence-corrected chi connectivity index (χ3v) is 3.65. The van der Waals surface area contributed by atoms with Gasteiger partial charge in [0.15, 0.2) is 6.61 Å². The highest BCUT2D eigenvalue weighted by Gasteiger charge is 2.13. The summed E-state index contributed by atoms with van der Waals surface area (Å²) in [5, 5.41) is 0.444. The number of aryl methyl sites for hydroxylation is 2. The number of carbonyl (C=O) groups is 2. The highest BCUT2D eigenvalue weighted by Crippen LogP contribution is 2.22. The van der Waals surface area contributed by atoms with Crippen molar-refractivity contribution >= 4 is 23.4 Å². The van der Waals surface area contributed by atoms with E-state index in [-0.39, 0.29) is 12.2 Å². The summed E-state index contributed by atoms with van der Waals surface area (Å²) < 4.78 is 10.5. The molecule has 0 saturated carbocycles. The van der Waals surface area contributed by atoms with E-state index in [9.17, 15) is 9.59 Å². The zero-order valence-electron chi connectivity index (χ0n) is 14.2. The molecule has 0 aromatic heterocycles. The van der Waals surface area contributed by atoms with Gasteiger partial charge in [-0.15, -0.1) is 0 Å². The van der Waals surface area contributed by atoms with Crippen LogP contribution in [0.2, 0.25) is 5.02 Å². The van der Waals surface area contributed by atoms with E-state index in [1.165, 1.54) is 19.2 Å². The first-order valence-electron chi connectivity index (χ1n) is 7.53. The average Bonchev–Trinajstić information content (AvgIpc) is 2.58. The average molecular weight is 363 g/mol. The van der Waals surface area contributed by atoms with Gasteiger partial charge >= 0.3 is 0 Å². The normalized spacial score (nSPS) is 10.1. The second-order valence-electron chi connectivity index (χ2n) is 5.40. The van der Waals surface area contributed by atoms with Gasteiger partial charge in [0.1, 0.15) is 11.5 Å². The summed E-state index contributed by atoms with van der Waals surface area (Å²) in [6.07, 6.45) is 0. The van der Waals surface area contributed by atoms with Gasteiger partial charge in [-0.3, -0.25) is 20.4 Å². The molecule has 2 aromatic carbocycles. The van der Waals surface area contributed by atoms with Crippen LogP contribution >= 0.6 is 11.6 Å². The number of ether oxygens (including phenoxy) is 2. The van der Waals surface area contributed by atoms with Crippen LogP contribution < -0.4 is 20.3 Å². The van der Waals surface area contributed by atoms with Crippen LogP contribution in [-0.2, 0) is 4.79 Å². The maximum atomic E-state index is 12.1. The quantitative estimate of drug-likeness (QED) is 0.802. The molecule has 2 amide bonds. The summed E-state index contributed by atoms with van der Waals surface area (Å²) in [6, 6.07) is 10.2. The van der Waals surface area contributed by atoms with E-state index >= 15 is 0 Å². The molecular formula is C18H19ClN2O4. The van der Waals surface area contributed by atoms with Gasteiger partial charge in [0.2, 0.25) is 0 Å². The number of halogens is 1. The summed E-state index contributed by atoms with van der Waals surface area (Å²) in [7, 11) is 1.43. The first-order chi connectivity index (χ1) is 11.9. The maximum Gasteiger partial charge on any atom is 0.276 e. The molecular weight excluding hydrogens is 344 g/mol. The number of benzene rings is 2. The molecule has 25 heavy (non-hydrogen) atoms. The number of amides is 2. The van der Waals surface area contributed by atoms with Crippen LogP contribution in [0.4, 0.5) is 0 Å². The van der Waals surface area contributed by atoms with E-state index in [1.54, 1.807) is 12.1 Å². The Morgan fingerprint density at radius 2 is 1.80 bits per heavy atom. The van der Waals surface area contributed by atoms with Crippen molar-refractivity contribution in [1.82, 2.24) is 10.9 Å². The van der Waals surface area contributed by atoms with Gasteiger partial charge in [-0.05, 0) is 43.7 Å². The van der Waals surface area contributed by atoms with E-state index in [0.717, 1.165) is 11.1 Å². The Balaban J connectivity index is 1.88. The van der Waals surface area contributed by atoms with E-state index in [0.29, 0.717) is 16.5 Å². The molecule has 0 unspecified atom stereocenters. The van der Waals surface area contributed by atoms with Crippen molar-refractivity contribution in [2.45, 2.75) is 13.8 Å². The minimum absolute atomic E-state index is 0.220. The Hall–Kier alpha value is -2.73. The maximum absolute atomic E-state index is 12.1. The number of hydrogen-bond acceptors (Lipinski definition) is 4. The first-order valence-corrected chi connectivity index (χ1v) is 7.91. The molecule has 0 heterocycles. The van der Waals surface area contributed by atoms with Gasteiger partial charge in [0, 0.05) is 5.02 Å². The lowest BCUT2D eigenvalue weighted by molar-refractivity contribution is -0.123. The zero-order chi connectivity index (χ0) is 18.4. The van der Waals surface area contributed by atoms with Crippen molar-refractivity contribution in [2.24, 2.45) is 0 Å². The SMILES string of the molecule is COc1cc(Cl)ccc1C(=O)NNC(=O)COc1ccc(C)cc1C. The lowest BCUT2D eigenvalue weighted by atomic mass is 10.1. The van der Waals surface area contributed by atoms with Gasteiger partial charge in [0.25, 0.3) is 11.8 Å². The van der Waals surface area contributed by atoms with Crippen LogP contribution in [0, 0.1) is 13.8 Å². The molecule has 7 heteroatoms. The Bertz CT molecular complexity index is 793. The van der Waals surface area contributed by atoms with Gasteiger partial charge in [0.05, 0.1) is 12.7 Å². The predicted molar refractivity (Wildman–Crippen MR) is 95.0 cm³/mol. The van der Waals surface area contributed by atoms with Crippen LogP contribution in [0.25, 0.3) is 0 Å². The zero-order valence-corrected chi connectivity index (χ0v) is 14.9. The van der Waals surface area contributed by atoms with Crippen LogP contribution in [-0.4, -0.2) is 25.5 Å². The molecule has 0 aliphatic heterocycles. The fourth-order valence-electron chi connectivity index (χ4n) is 2.19. The smallest absolute Gasteiger partial charge is 0.276 e. The molecule has 2 aromatic rings. The Labute approximate surface area is 151 Å². The largest absolute Gasteiger partial charge is 0.496 e. The van der Waals surface area contributed by atoms with Crippen LogP contribution in [0.15, 0.2) is 36.4 Å². The molecule has 0 aliphatic rings. The van der Waals surface area contributed by atoms with E-state index < -0.39 is 11.8 Å². The third kappa shape index (κ3) is 5.12. The number of carbonyl (C=O) groups excluding carboxylic acids is 2. The highest BCUT2D eigenvalue weighted by molar-refractivity contribution is 6.30. The summed E-state index contributed by atoms with van der Waals surface area (Å²) in [5.74, 6) is -0.0770. The topological polar surface area (TPSA) is 76.7 Å². The van der Waals surface area contributed by atoms with Crippen molar-refractivity contribution in [3.8, 4) is 11.5 Å². The molecule has 0 bridgehead atoms. The fraction of sp³-hybridized carbons (Fsp3) is 0.222. The number of hydrazine groups is 1. The number of rotatable bonds is 5. The summed E-state index contributed by atoms with van der Waals surface area (Å²) in [4.78, 5) is 24.0. The number of methoxy groups -OCH3 is 1. The molecule has 0 radical (unpaired) electrons. The lowest BCUT2D eigenvalue weighted by Gasteiger charge is -2.12. The molecule has 2 N–H and O–H groups in total. The molecule has 132 valence electrons. The molecule has 0 spiro atoms. The lowest BCUT2D eigenvalue weighted by Crippen LogP contribution is -2.43. The van der Waals surface area contributed by atoms with Crippen molar-refractivity contribution in [2.75, 3.05) is 13.7 Å². The summed E-state index contributed by atoms with van der Waals surface area (Å²) in [6.45, 7) is 3.65. The van der Waals surface area contributed by atoms with Crippen LogP contribution in [0.1, 0.15) is 21.5 Å². The summed E-state index contributed by atoms with van der Waals surface area (Å²) in [5.41, 5.74) is 6.90. The van der Waals surface area contributed by atoms with Crippen molar-refractivity contribution in [1.29, 1.82) is 0 Å². The molecule has 0 fully saturated rings. The number of hydrogen-bond donors (Lipinski definition) is 2. The van der Waals surface area contributed by atoms with Crippen molar-refractivity contribution in [3.63, 3.8) is 0 Å². The monoisotopic (exact) mass is 362 g/mol. The fourth-order valence-corrected chi connectivity index (χ4v) is 2.35. The van der Waals surface area contributed by atoms with Gasteiger partial charge in [-0.2, -0.15) is 0 Å². The predicted octanol–water partition coefficient (Wildman–Crippen LogP) is 2.81. The minimum Gasteiger partial charge on any atom is -0.496 e. The van der Waals surface area contributed by atoms with Crippen molar-refractivity contribution < 1.29 is 19.1 Å².